The maximum atomic E-state index is 15.2. The minimum atomic E-state index is -1.25. The summed E-state index contributed by atoms with van der Waals surface area (Å²) in [5, 5.41) is 0. The lowest BCUT2D eigenvalue weighted by molar-refractivity contribution is 0.381. The standard InChI is InChI=1S/C24H19F2N5O2/c1-32-14-11-17-20(18(25)12-14)33-19-6-5-13(15-4-2-7-28-21(15)26)10-16(19)24(17)22-29-8-3-9-31(22)23(27)30-24/h2,4-7,10-12H,3,8-9H2,1H3,(H2,27,30)/t24-/m1/s1. The Kier molecular flexibility index (Phi) is 4.17. The predicted octanol–water partition coefficient (Wildman–Crippen LogP) is 3.82. The summed E-state index contributed by atoms with van der Waals surface area (Å²) in [6.07, 6.45) is 2.21. The summed E-state index contributed by atoms with van der Waals surface area (Å²) in [6.45, 7) is 1.23. The van der Waals surface area contributed by atoms with Crippen LogP contribution in [0.5, 0.6) is 17.2 Å². The number of aromatic nitrogens is 1. The minimum absolute atomic E-state index is 0.0373. The molecular formula is C24H19F2N5O2. The van der Waals surface area contributed by atoms with Crippen LogP contribution >= 0.6 is 0 Å². The molecule has 1 spiro atoms. The Morgan fingerprint density at radius 1 is 1.15 bits per heavy atom. The van der Waals surface area contributed by atoms with Gasteiger partial charge >= 0.3 is 0 Å². The van der Waals surface area contributed by atoms with Gasteiger partial charge in [-0.3, -0.25) is 9.89 Å². The number of nitrogens with two attached hydrogens (primary N) is 1. The smallest absolute Gasteiger partial charge is 0.220 e. The third-order valence-electron chi connectivity index (χ3n) is 6.23. The number of rotatable bonds is 2. The van der Waals surface area contributed by atoms with Crippen LogP contribution in [-0.4, -0.2) is 41.9 Å². The summed E-state index contributed by atoms with van der Waals surface area (Å²) < 4.78 is 41.0. The number of amidine groups is 1. The summed E-state index contributed by atoms with van der Waals surface area (Å²) in [5.74, 6) is 0.446. The van der Waals surface area contributed by atoms with Crippen molar-refractivity contribution >= 4 is 11.8 Å². The molecule has 0 bridgehead atoms. The summed E-state index contributed by atoms with van der Waals surface area (Å²) in [4.78, 5) is 15.2. The average molecular weight is 447 g/mol. The number of guanidine groups is 1. The average Bonchev–Trinajstić information content (AvgIpc) is 3.13. The van der Waals surface area contributed by atoms with E-state index in [0.29, 0.717) is 52.7 Å². The molecule has 0 saturated carbocycles. The van der Waals surface area contributed by atoms with E-state index in [9.17, 15) is 4.39 Å². The molecule has 4 heterocycles. The van der Waals surface area contributed by atoms with Crippen molar-refractivity contribution < 1.29 is 18.3 Å². The van der Waals surface area contributed by atoms with Gasteiger partial charge in [-0.15, -0.1) is 0 Å². The van der Waals surface area contributed by atoms with Crippen LogP contribution in [0.1, 0.15) is 17.5 Å². The van der Waals surface area contributed by atoms with E-state index in [2.05, 4.69) is 4.98 Å². The van der Waals surface area contributed by atoms with Crippen molar-refractivity contribution in [1.82, 2.24) is 9.88 Å². The zero-order valence-corrected chi connectivity index (χ0v) is 17.7. The first-order valence-electron chi connectivity index (χ1n) is 10.5. The Labute approximate surface area is 188 Å². The van der Waals surface area contributed by atoms with E-state index in [0.717, 1.165) is 6.42 Å². The molecule has 3 aliphatic rings. The van der Waals surface area contributed by atoms with E-state index in [4.69, 9.17) is 25.2 Å². The van der Waals surface area contributed by atoms with Crippen molar-refractivity contribution in [2.75, 3.05) is 20.2 Å². The summed E-state index contributed by atoms with van der Waals surface area (Å²) in [5.41, 5.74) is 7.03. The molecule has 0 aliphatic carbocycles. The second-order valence-electron chi connectivity index (χ2n) is 8.03. The van der Waals surface area contributed by atoms with E-state index in [1.807, 2.05) is 4.90 Å². The molecule has 9 heteroatoms. The molecule has 6 rings (SSSR count). The number of fused-ring (bicyclic) bond motifs is 6. The number of hydrogen-bond donors (Lipinski definition) is 1. The second-order valence-corrected chi connectivity index (χ2v) is 8.03. The van der Waals surface area contributed by atoms with Crippen LogP contribution in [-0.2, 0) is 5.54 Å². The highest BCUT2D eigenvalue weighted by atomic mass is 19.1. The molecule has 0 unspecified atom stereocenters. The van der Waals surface area contributed by atoms with Crippen LogP contribution in [0.3, 0.4) is 0 Å². The summed E-state index contributed by atoms with van der Waals surface area (Å²) in [7, 11) is 1.46. The fourth-order valence-electron chi connectivity index (χ4n) is 4.77. The molecule has 0 amide bonds. The van der Waals surface area contributed by atoms with Crippen LogP contribution in [0.2, 0.25) is 0 Å². The number of hydrogen-bond acceptors (Lipinski definition) is 7. The van der Waals surface area contributed by atoms with Crippen molar-refractivity contribution in [2.45, 2.75) is 12.0 Å². The monoisotopic (exact) mass is 447 g/mol. The Hall–Kier alpha value is -4.01. The van der Waals surface area contributed by atoms with Gasteiger partial charge in [-0.05, 0) is 42.3 Å². The molecule has 2 N–H and O–H groups in total. The highest BCUT2D eigenvalue weighted by Crippen LogP contribution is 2.54. The van der Waals surface area contributed by atoms with Gasteiger partial charge < -0.3 is 15.2 Å². The van der Waals surface area contributed by atoms with Gasteiger partial charge in [0.2, 0.25) is 5.95 Å². The van der Waals surface area contributed by atoms with Crippen molar-refractivity contribution in [3.63, 3.8) is 0 Å². The zero-order valence-electron chi connectivity index (χ0n) is 17.7. The van der Waals surface area contributed by atoms with Crippen LogP contribution in [0.25, 0.3) is 11.1 Å². The Bertz CT molecular complexity index is 1370. The van der Waals surface area contributed by atoms with Gasteiger partial charge in [-0.25, -0.2) is 14.4 Å². The number of ether oxygens (including phenoxy) is 2. The molecule has 2 aromatic carbocycles. The predicted molar refractivity (Wildman–Crippen MR) is 119 cm³/mol. The lowest BCUT2D eigenvalue weighted by Gasteiger charge is -2.37. The van der Waals surface area contributed by atoms with Gasteiger partial charge in [-0.1, -0.05) is 6.07 Å². The van der Waals surface area contributed by atoms with Crippen LogP contribution in [0.4, 0.5) is 8.78 Å². The van der Waals surface area contributed by atoms with Gasteiger partial charge in [0, 0.05) is 42.0 Å². The number of methoxy groups -OCH3 is 1. The molecule has 7 nitrogen and oxygen atoms in total. The Balaban J connectivity index is 1.68. The van der Waals surface area contributed by atoms with E-state index in [1.165, 1.54) is 19.4 Å². The van der Waals surface area contributed by atoms with Crippen molar-refractivity contribution in [1.29, 1.82) is 0 Å². The zero-order chi connectivity index (χ0) is 22.7. The summed E-state index contributed by atoms with van der Waals surface area (Å²) in [6, 6.07) is 11.4. The fourth-order valence-corrected chi connectivity index (χ4v) is 4.77. The first-order chi connectivity index (χ1) is 16.0. The third kappa shape index (κ3) is 2.68. The second kappa shape index (κ2) is 6.99. The van der Waals surface area contributed by atoms with E-state index in [-0.39, 0.29) is 11.7 Å². The molecule has 1 aromatic heterocycles. The minimum Gasteiger partial charge on any atom is -0.497 e. The fraction of sp³-hybridized carbons (Fsp3) is 0.208. The van der Waals surface area contributed by atoms with E-state index < -0.39 is 17.3 Å². The summed E-state index contributed by atoms with van der Waals surface area (Å²) >= 11 is 0. The first kappa shape index (κ1) is 19.7. The SMILES string of the molecule is COc1cc(F)c2c(c1)[C@]1(N=C(N)N3CCCN=C31)c1cc(-c3cccnc3F)ccc1O2. The molecule has 0 fully saturated rings. The van der Waals surface area contributed by atoms with Gasteiger partial charge in [0.05, 0.1) is 7.11 Å². The van der Waals surface area contributed by atoms with Crippen molar-refractivity contribution in [3.05, 3.63) is 71.6 Å². The van der Waals surface area contributed by atoms with Crippen LogP contribution in [0.15, 0.2) is 58.6 Å². The van der Waals surface area contributed by atoms with Crippen LogP contribution < -0.4 is 15.2 Å². The van der Waals surface area contributed by atoms with Gasteiger partial charge in [0.15, 0.2) is 23.1 Å². The maximum Gasteiger partial charge on any atom is 0.220 e. The Morgan fingerprint density at radius 3 is 2.85 bits per heavy atom. The topological polar surface area (TPSA) is 85.3 Å². The van der Waals surface area contributed by atoms with Crippen LogP contribution in [0, 0.1) is 11.8 Å². The molecule has 0 radical (unpaired) electrons. The molecule has 1 atom stereocenters. The number of nitrogens with zero attached hydrogens (tertiary/aromatic N) is 4. The molecule has 3 aliphatic heterocycles. The van der Waals surface area contributed by atoms with Gasteiger partial charge in [-0.2, -0.15) is 4.39 Å². The normalized spacial score (nSPS) is 20.4. The lowest BCUT2D eigenvalue weighted by Crippen LogP contribution is -2.47. The number of pyridine rings is 1. The van der Waals surface area contributed by atoms with E-state index >= 15 is 4.39 Å². The number of aliphatic imine (C=N–C) groups is 2. The molecule has 3 aromatic rings. The number of benzene rings is 2. The highest BCUT2D eigenvalue weighted by Gasteiger charge is 2.54. The number of halogens is 2. The maximum absolute atomic E-state index is 15.2. The van der Waals surface area contributed by atoms with Crippen molar-refractivity contribution in [3.8, 4) is 28.4 Å². The highest BCUT2D eigenvalue weighted by molar-refractivity contribution is 6.13. The van der Waals surface area contributed by atoms with Gasteiger partial charge in [0.1, 0.15) is 17.3 Å². The van der Waals surface area contributed by atoms with Gasteiger partial charge in [0.25, 0.3) is 0 Å². The lowest BCUT2D eigenvalue weighted by atomic mass is 9.78. The molecule has 33 heavy (non-hydrogen) atoms. The Morgan fingerprint density at radius 2 is 2.03 bits per heavy atom. The molecular weight excluding hydrogens is 428 g/mol. The van der Waals surface area contributed by atoms with Crippen molar-refractivity contribution in [2.24, 2.45) is 15.7 Å². The first-order valence-corrected chi connectivity index (χ1v) is 10.5. The third-order valence-corrected chi connectivity index (χ3v) is 6.23. The van der Waals surface area contributed by atoms with E-state index in [1.54, 1.807) is 36.4 Å². The largest absolute Gasteiger partial charge is 0.497 e. The molecule has 0 saturated heterocycles. The molecule has 166 valence electrons. The quantitative estimate of drug-likeness (QED) is 0.604.